The van der Waals surface area contributed by atoms with Gasteiger partial charge in [0.2, 0.25) is 5.91 Å². The van der Waals surface area contributed by atoms with Gasteiger partial charge in [0.05, 0.1) is 11.5 Å². The second-order valence-electron chi connectivity index (χ2n) is 8.70. The number of ether oxygens (including phenoxy) is 2. The fourth-order valence-corrected chi connectivity index (χ4v) is 5.41. The Morgan fingerprint density at radius 2 is 1.78 bits per heavy atom. The van der Waals surface area contributed by atoms with Crippen LogP contribution in [0, 0.1) is 5.82 Å². The molecule has 0 spiro atoms. The van der Waals surface area contributed by atoms with Crippen molar-refractivity contribution in [2.24, 2.45) is 0 Å². The van der Waals surface area contributed by atoms with E-state index in [9.17, 15) is 18.8 Å². The van der Waals surface area contributed by atoms with Gasteiger partial charge in [0.15, 0.2) is 11.5 Å². The van der Waals surface area contributed by atoms with Crippen LogP contribution in [0.15, 0.2) is 45.8 Å². The number of likely N-dealkylation sites (tertiary alicyclic amines) is 1. The summed E-state index contributed by atoms with van der Waals surface area (Å²) in [7, 11) is 0. The molecule has 2 fully saturated rings. The zero-order valence-electron chi connectivity index (χ0n) is 20.5. The molecule has 0 atom stereocenters. The molecule has 0 N–H and O–H groups in total. The van der Waals surface area contributed by atoms with Gasteiger partial charge in [0.1, 0.15) is 19.0 Å². The molecule has 2 aliphatic heterocycles. The van der Waals surface area contributed by atoms with Crippen molar-refractivity contribution in [3.05, 3.63) is 62.7 Å². The van der Waals surface area contributed by atoms with Crippen molar-refractivity contribution in [1.82, 2.24) is 9.80 Å². The van der Waals surface area contributed by atoms with Crippen LogP contribution >= 0.6 is 27.7 Å². The minimum Gasteiger partial charge on any atom is -0.490 e. The number of benzene rings is 2. The first-order valence-electron chi connectivity index (χ1n) is 12.2. The van der Waals surface area contributed by atoms with Crippen LogP contribution in [0.3, 0.4) is 0 Å². The molecular weight excluding hydrogens is 563 g/mol. The summed E-state index contributed by atoms with van der Waals surface area (Å²) in [4.78, 5) is 41.3. The first-order valence-corrected chi connectivity index (χ1v) is 13.8. The van der Waals surface area contributed by atoms with Gasteiger partial charge in [-0.3, -0.25) is 19.3 Å². The summed E-state index contributed by atoms with van der Waals surface area (Å²) in [5, 5.41) is -0.467. The summed E-state index contributed by atoms with van der Waals surface area (Å²) in [6, 6.07) is 9.75. The lowest BCUT2D eigenvalue weighted by atomic mass is 10.1. The molecule has 3 amide bonds. The van der Waals surface area contributed by atoms with E-state index in [2.05, 4.69) is 15.9 Å². The van der Waals surface area contributed by atoms with E-state index in [0.29, 0.717) is 46.8 Å². The molecule has 0 radical (unpaired) electrons. The maximum atomic E-state index is 14.0. The first-order chi connectivity index (χ1) is 17.9. The molecule has 2 aliphatic rings. The first kappa shape index (κ1) is 27.2. The summed E-state index contributed by atoms with van der Waals surface area (Å²) in [5.74, 6) is -0.236. The summed E-state index contributed by atoms with van der Waals surface area (Å²) < 4.78 is 26.2. The SMILES string of the molecule is CCOc1cc(C=C2SC(=O)N(CC(=O)N3CCCCCC3)C2=O)c(Br)cc1OCc1ccccc1F. The summed E-state index contributed by atoms with van der Waals surface area (Å²) in [6.45, 7) is 3.27. The molecule has 0 aromatic heterocycles. The predicted molar refractivity (Wildman–Crippen MR) is 144 cm³/mol. The van der Waals surface area contributed by atoms with Gasteiger partial charge in [-0.1, -0.05) is 47.0 Å². The molecule has 2 aromatic carbocycles. The zero-order valence-corrected chi connectivity index (χ0v) is 22.9. The Labute approximate surface area is 228 Å². The predicted octanol–water partition coefficient (Wildman–Crippen LogP) is 6.00. The van der Waals surface area contributed by atoms with Crippen molar-refractivity contribution < 1.29 is 28.2 Å². The molecule has 2 saturated heterocycles. The van der Waals surface area contributed by atoms with E-state index in [4.69, 9.17) is 9.47 Å². The summed E-state index contributed by atoms with van der Waals surface area (Å²) in [6.07, 6.45) is 5.63. The van der Waals surface area contributed by atoms with Crippen molar-refractivity contribution in [3.8, 4) is 11.5 Å². The number of thioether (sulfide) groups is 1. The third-order valence-corrected chi connectivity index (χ3v) is 7.71. The van der Waals surface area contributed by atoms with Gasteiger partial charge in [-0.2, -0.15) is 0 Å². The molecule has 37 heavy (non-hydrogen) atoms. The Balaban J connectivity index is 1.50. The lowest BCUT2D eigenvalue weighted by molar-refractivity contribution is -0.135. The highest BCUT2D eigenvalue weighted by atomic mass is 79.9. The van der Waals surface area contributed by atoms with Crippen molar-refractivity contribution in [3.63, 3.8) is 0 Å². The smallest absolute Gasteiger partial charge is 0.294 e. The van der Waals surface area contributed by atoms with Crippen LogP contribution in [0.2, 0.25) is 0 Å². The summed E-state index contributed by atoms with van der Waals surface area (Å²) in [5.41, 5.74) is 1.01. The second kappa shape index (κ2) is 12.6. The molecule has 196 valence electrons. The molecule has 7 nitrogen and oxygen atoms in total. The number of carbonyl (C=O) groups excluding carboxylic acids is 3. The monoisotopic (exact) mass is 590 g/mol. The van der Waals surface area contributed by atoms with Gasteiger partial charge in [-0.05, 0) is 61.4 Å². The Morgan fingerprint density at radius 1 is 1.08 bits per heavy atom. The van der Waals surface area contributed by atoms with Crippen molar-refractivity contribution in [2.75, 3.05) is 26.2 Å². The van der Waals surface area contributed by atoms with Crippen molar-refractivity contribution >= 4 is 50.8 Å². The normalized spacial score (nSPS) is 17.3. The lowest BCUT2D eigenvalue weighted by Gasteiger charge is -2.22. The van der Waals surface area contributed by atoms with E-state index < -0.39 is 11.1 Å². The lowest BCUT2D eigenvalue weighted by Crippen LogP contribution is -2.42. The molecule has 2 heterocycles. The third kappa shape index (κ3) is 6.73. The van der Waals surface area contributed by atoms with Crippen LogP contribution in [-0.4, -0.2) is 53.1 Å². The average Bonchev–Trinajstić information content (AvgIpc) is 3.06. The highest BCUT2D eigenvalue weighted by Gasteiger charge is 2.37. The quantitative estimate of drug-likeness (QED) is 0.351. The number of amides is 3. The van der Waals surface area contributed by atoms with Crippen molar-refractivity contribution in [2.45, 2.75) is 39.2 Å². The molecule has 10 heteroatoms. The van der Waals surface area contributed by atoms with Gasteiger partial charge in [0, 0.05) is 23.1 Å². The fraction of sp³-hybridized carbons (Fsp3) is 0.370. The van der Waals surface area contributed by atoms with E-state index >= 15 is 0 Å². The van der Waals surface area contributed by atoms with Crippen LogP contribution in [0.1, 0.15) is 43.7 Å². The van der Waals surface area contributed by atoms with Gasteiger partial charge in [0.25, 0.3) is 11.1 Å². The highest BCUT2D eigenvalue weighted by Crippen LogP contribution is 2.38. The second-order valence-corrected chi connectivity index (χ2v) is 10.5. The van der Waals surface area contributed by atoms with E-state index in [1.54, 1.807) is 41.3 Å². The number of imide groups is 1. The number of rotatable bonds is 8. The fourth-order valence-electron chi connectivity index (χ4n) is 4.15. The minimum absolute atomic E-state index is 0.0163. The molecule has 2 aromatic rings. The zero-order chi connectivity index (χ0) is 26.4. The largest absolute Gasteiger partial charge is 0.490 e. The van der Waals surface area contributed by atoms with Gasteiger partial charge >= 0.3 is 0 Å². The Morgan fingerprint density at radius 3 is 2.49 bits per heavy atom. The molecule has 0 aliphatic carbocycles. The van der Waals surface area contributed by atoms with E-state index in [1.807, 2.05) is 6.92 Å². The van der Waals surface area contributed by atoms with Crippen LogP contribution in [-0.2, 0) is 16.2 Å². The summed E-state index contributed by atoms with van der Waals surface area (Å²) >= 11 is 4.30. The molecule has 0 bridgehead atoms. The standard InChI is InChI=1S/C27H28BrFN2O5S/c1-2-35-22-13-19(20(28)15-23(22)36-17-18-9-5-6-10-21(18)29)14-24-26(33)31(27(34)37-24)16-25(32)30-11-7-3-4-8-12-30/h5-6,9-10,13-15H,2-4,7-8,11-12,16-17H2,1H3. The van der Waals surface area contributed by atoms with Crippen LogP contribution in [0.25, 0.3) is 6.08 Å². The molecule has 0 saturated carbocycles. The third-order valence-electron chi connectivity index (χ3n) is 6.12. The molecule has 4 rings (SSSR count). The van der Waals surface area contributed by atoms with E-state index in [1.165, 1.54) is 6.07 Å². The van der Waals surface area contributed by atoms with Crippen LogP contribution < -0.4 is 9.47 Å². The maximum Gasteiger partial charge on any atom is 0.294 e. The van der Waals surface area contributed by atoms with Crippen LogP contribution in [0.4, 0.5) is 9.18 Å². The van der Waals surface area contributed by atoms with E-state index in [-0.39, 0.29) is 29.8 Å². The van der Waals surface area contributed by atoms with Crippen molar-refractivity contribution in [1.29, 1.82) is 0 Å². The molecular formula is C27H28BrFN2O5S. The maximum absolute atomic E-state index is 14.0. The van der Waals surface area contributed by atoms with Crippen LogP contribution in [0.5, 0.6) is 11.5 Å². The van der Waals surface area contributed by atoms with E-state index in [0.717, 1.165) is 42.3 Å². The number of carbonyl (C=O) groups is 3. The minimum atomic E-state index is -0.497. The van der Waals surface area contributed by atoms with Gasteiger partial charge in [-0.25, -0.2) is 4.39 Å². The Kier molecular flexibility index (Phi) is 9.26. The molecule has 0 unspecified atom stereocenters. The highest BCUT2D eigenvalue weighted by molar-refractivity contribution is 9.10. The Hall–Kier alpha value is -2.85. The Bertz CT molecular complexity index is 1210. The van der Waals surface area contributed by atoms with Gasteiger partial charge in [-0.15, -0.1) is 0 Å². The number of halogens is 2. The number of hydrogen-bond donors (Lipinski definition) is 0. The average molecular weight is 591 g/mol. The number of nitrogens with zero attached hydrogens (tertiary/aromatic N) is 2. The van der Waals surface area contributed by atoms with Gasteiger partial charge < -0.3 is 14.4 Å². The number of hydrogen-bond acceptors (Lipinski definition) is 6. The topological polar surface area (TPSA) is 76.2 Å².